The molecule has 0 aliphatic heterocycles. The maximum absolute atomic E-state index is 4.25. The van der Waals surface area contributed by atoms with Crippen molar-refractivity contribution in [2.75, 3.05) is 0 Å². The molecule has 2 N–H and O–H groups in total. The Morgan fingerprint density at radius 1 is 1.24 bits per heavy atom. The van der Waals surface area contributed by atoms with Crippen molar-refractivity contribution in [3.05, 3.63) is 17.0 Å². The summed E-state index contributed by atoms with van der Waals surface area (Å²) in [4.78, 5) is 0. The molecule has 0 aromatic carbocycles. The normalized spacial score (nSPS) is 25.8. The molecule has 2 rings (SSSR count). The van der Waals surface area contributed by atoms with Crippen LogP contribution in [0.4, 0.5) is 0 Å². The number of hydrogen-bond donors (Lipinski definition) is 2. The van der Waals surface area contributed by atoms with Crippen molar-refractivity contribution in [1.29, 1.82) is 0 Å². The largest absolute Gasteiger partial charge is 0.310 e. The first kappa shape index (κ1) is 12.6. The van der Waals surface area contributed by atoms with Gasteiger partial charge in [-0.1, -0.05) is 19.8 Å². The van der Waals surface area contributed by atoms with E-state index in [0.29, 0.717) is 6.04 Å². The third kappa shape index (κ3) is 3.32. The molecular weight excluding hydrogens is 210 g/mol. The average molecular weight is 235 g/mol. The maximum atomic E-state index is 4.25. The highest BCUT2D eigenvalue weighted by molar-refractivity contribution is 5.22. The fourth-order valence-electron chi connectivity index (χ4n) is 2.77. The van der Waals surface area contributed by atoms with Gasteiger partial charge in [0.15, 0.2) is 0 Å². The van der Waals surface area contributed by atoms with Crippen LogP contribution in [-0.2, 0) is 6.54 Å². The van der Waals surface area contributed by atoms with Crippen molar-refractivity contribution in [3.8, 4) is 0 Å². The van der Waals surface area contributed by atoms with Crippen molar-refractivity contribution in [1.82, 2.24) is 15.5 Å². The number of rotatable bonds is 3. The van der Waals surface area contributed by atoms with Gasteiger partial charge in [-0.15, -0.1) is 0 Å². The molecule has 1 fully saturated rings. The molecule has 0 radical (unpaired) electrons. The highest BCUT2D eigenvalue weighted by atomic mass is 15.1. The number of aromatic amines is 1. The van der Waals surface area contributed by atoms with Gasteiger partial charge in [0.25, 0.3) is 0 Å². The molecule has 0 bridgehead atoms. The molecule has 3 heteroatoms. The molecule has 2 atom stereocenters. The maximum Gasteiger partial charge on any atom is 0.0638 e. The van der Waals surface area contributed by atoms with E-state index in [4.69, 9.17) is 0 Å². The minimum Gasteiger partial charge on any atom is -0.310 e. The second kappa shape index (κ2) is 5.67. The van der Waals surface area contributed by atoms with E-state index < -0.39 is 0 Å². The zero-order valence-electron chi connectivity index (χ0n) is 11.3. The van der Waals surface area contributed by atoms with Gasteiger partial charge in [0, 0.05) is 23.8 Å². The number of hydrogen-bond acceptors (Lipinski definition) is 2. The van der Waals surface area contributed by atoms with Crippen LogP contribution in [0.15, 0.2) is 0 Å². The highest BCUT2D eigenvalue weighted by Gasteiger charge is 2.16. The van der Waals surface area contributed by atoms with Crippen molar-refractivity contribution < 1.29 is 0 Å². The molecule has 17 heavy (non-hydrogen) atoms. The van der Waals surface area contributed by atoms with Crippen molar-refractivity contribution in [2.24, 2.45) is 5.92 Å². The number of H-pyrrole nitrogens is 1. The second-order valence-corrected chi connectivity index (χ2v) is 5.60. The number of aromatic nitrogens is 2. The minimum atomic E-state index is 0.702. The van der Waals surface area contributed by atoms with Gasteiger partial charge in [0.05, 0.1) is 5.69 Å². The van der Waals surface area contributed by atoms with Crippen LogP contribution in [0, 0.1) is 19.8 Å². The molecule has 1 aromatic heterocycles. The Bertz CT molecular complexity index is 337. The molecule has 0 saturated heterocycles. The Morgan fingerprint density at radius 2 is 2.06 bits per heavy atom. The molecular formula is C14H25N3. The Labute approximate surface area is 104 Å². The van der Waals surface area contributed by atoms with Gasteiger partial charge >= 0.3 is 0 Å². The van der Waals surface area contributed by atoms with Gasteiger partial charge in [-0.25, -0.2) is 0 Å². The van der Waals surface area contributed by atoms with Gasteiger partial charge in [-0.05, 0) is 39.0 Å². The molecule has 0 amide bonds. The van der Waals surface area contributed by atoms with Gasteiger partial charge < -0.3 is 5.32 Å². The zero-order chi connectivity index (χ0) is 12.3. The van der Waals surface area contributed by atoms with Crippen LogP contribution in [0.25, 0.3) is 0 Å². The third-order valence-corrected chi connectivity index (χ3v) is 4.11. The van der Waals surface area contributed by atoms with Crippen LogP contribution < -0.4 is 5.32 Å². The summed E-state index contributed by atoms with van der Waals surface area (Å²) in [6, 6.07) is 0.702. The van der Waals surface area contributed by atoms with Gasteiger partial charge in [0.1, 0.15) is 0 Å². The molecule has 2 unspecified atom stereocenters. The summed E-state index contributed by atoms with van der Waals surface area (Å²) >= 11 is 0. The standard InChI is InChI=1S/C14H25N3/c1-10-5-4-6-13(8-7-10)15-9-14-11(2)16-17-12(14)3/h10,13,15H,4-9H2,1-3H3,(H,16,17). The van der Waals surface area contributed by atoms with Crippen LogP contribution in [0.2, 0.25) is 0 Å². The van der Waals surface area contributed by atoms with Crippen LogP contribution >= 0.6 is 0 Å². The summed E-state index contributed by atoms with van der Waals surface area (Å²) in [6.07, 6.45) is 6.82. The quantitative estimate of drug-likeness (QED) is 0.790. The van der Waals surface area contributed by atoms with Gasteiger partial charge in [0.2, 0.25) is 0 Å². The van der Waals surface area contributed by atoms with E-state index in [2.05, 4.69) is 36.3 Å². The van der Waals surface area contributed by atoms with Crippen LogP contribution in [0.1, 0.15) is 56.0 Å². The van der Waals surface area contributed by atoms with Gasteiger partial charge in [-0.3, -0.25) is 5.10 Å². The molecule has 3 nitrogen and oxygen atoms in total. The summed E-state index contributed by atoms with van der Waals surface area (Å²) in [5, 5.41) is 11.0. The first-order valence-electron chi connectivity index (χ1n) is 6.90. The van der Waals surface area contributed by atoms with E-state index in [9.17, 15) is 0 Å². The second-order valence-electron chi connectivity index (χ2n) is 5.60. The van der Waals surface area contributed by atoms with E-state index in [0.717, 1.165) is 18.2 Å². The topological polar surface area (TPSA) is 40.7 Å². The smallest absolute Gasteiger partial charge is 0.0638 e. The molecule has 1 aliphatic rings. The Morgan fingerprint density at radius 3 is 2.76 bits per heavy atom. The van der Waals surface area contributed by atoms with E-state index in [1.165, 1.54) is 43.4 Å². The van der Waals surface area contributed by atoms with Crippen molar-refractivity contribution in [2.45, 2.75) is 65.5 Å². The predicted octanol–water partition coefficient (Wildman–Crippen LogP) is 3.08. The fourth-order valence-corrected chi connectivity index (χ4v) is 2.77. The number of nitrogens with zero attached hydrogens (tertiary/aromatic N) is 1. The fraction of sp³-hybridized carbons (Fsp3) is 0.786. The molecule has 0 spiro atoms. The molecule has 1 aliphatic carbocycles. The first-order chi connectivity index (χ1) is 8.16. The minimum absolute atomic E-state index is 0.702. The van der Waals surface area contributed by atoms with Crippen molar-refractivity contribution in [3.63, 3.8) is 0 Å². The van der Waals surface area contributed by atoms with Crippen LogP contribution in [-0.4, -0.2) is 16.2 Å². The predicted molar refractivity (Wildman–Crippen MR) is 70.9 cm³/mol. The highest BCUT2D eigenvalue weighted by Crippen LogP contribution is 2.23. The van der Waals surface area contributed by atoms with E-state index in [-0.39, 0.29) is 0 Å². The van der Waals surface area contributed by atoms with E-state index >= 15 is 0 Å². The first-order valence-corrected chi connectivity index (χ1v) is 6.90. The lowest BCUT2D eigenvalue weighted by Gasteiger charge is -2.16. The number of aryl methyl sites for hydroxylation is 2. The number of nitrogens with one attached hydrogen (secondary N) is 2. The Hall–Kier alpha value is -0.830. The molecule has 1 aromatic rings. The van der Waals surface area contributed by atoms with Gasteiger partial charge in [-0.2, -0.15) is 5.10 Å². The molecule has 1 saturated carbocycles. The van der Waals surface area contributed by atoms with E-state index in [1.807, 2.05) is 0 Å². The summed E-state index contributed by atoms with van der Waals surface area (Å²) in [5.41, 5.74) is 3.69. The van der Waals surface area contributed by atoms with Crippen molar-refractivity contribution >= 4 is 0 Å². The summed E-state index contributed by atoms with van der Waals surface area (Å²) in [7, 11) is 0. The SMILES string of the molecule is Cc1n[nH]c(C)c1CNC1CCCC(C)CC1. The van der Waals surface area contributed by atoms with E-state index in [1.54, 1.807) is 0 Å². The third-order valence-electron chi connectivity index (χ3n) is 4.11. The average Bonchev–Trinajstić information content (AvgIpc) is 2.51. The molecule has 1 heterocycles. The summed E-state index contributed by atoms with van der Waals surface area (Å²) < 4.78 is 0. The summed E-state index contributed by atoms with van der Waals surface area (Å²) in [6.45, 7) is 7.53. The van der Waals surface area contributed by atoms with Crippen LogP contribution in [0.5, 0.6) is 0 Å². The zero-order valence-corrected chi connectivity index (χ0v) is 11.3. The van der Waals surface area contributed by atoms with Crippen LogP contribution in [0.3, 0.4) is 0 Å². The lowest BCUT2D eigenvalue weighted by molar-refractivity contribution is 0.446. The lowest BCUT2D eigenvalue weighted by Crippen LogP contribution is -2.28. The lowest BCUT2D eigenvalue weighted by atomic mass is 10.0. The Balaban J connectivity index is 1.85. The monoisotopic (exact) mass is 235 g/mol. The Kier molecular flexibility index (Phi) is 4.21. The summed E-state index contributed by atoms with van der Waals surface area (Å²) in [5.74, 6) is 0.916. The molecule has 96 valence electrons.